The molecule has 113 valence electrons. The van der Waals surface area contributed by atoms with Crippen molar-refractivity contribution in [2.45, 2.75) is 19.8 Å². The van der Waals surface area contributed by atoms with Crippen molar-refractivity contribution >= 4 is 11.6 Å². The molecule has 0 aromatic heterocycles. The number of hydrogen-bond donors (Lipinski definition) is 0. The molecule has 2 fully saturated rings. The minimum atomic E-state index is -0.192. The number of carbonyl (C=O) groups is 1. The SMILES string of the molecule is [CH2]c1cccc(N2CC(C3CCN(C(C)=O)CC3)C2)c1F. The minimum absolute atomic E-state index is 0.179. The van der Waals surface area contributed by atoms with E-state index < -0.39 is 0 Å². The lowest BCUT2D eigenvalue weighted by Crippen LogP contribution is -2.52. The van der Waals surface area contributed by atoms with Crippen LogP contribution in [0.5, 0.6) is 0 Å². The highest BCUT2D eigenvalue weighted by Crippen LogP contribution is 2.36. The fourth-order valence-corrected chi connectivity index (χ4v) is 3.50. The third-order valence-corrected chi connectivity index (χ3v) is 4.96. The normalized spacial score (nSPS) is 20.5. The quantitative estimate of drug-likeness (QED) is 0.836. The Bertz CT molecular complexity index is 532. The molecule has 0 aliphatic carbocycles. The first-order chi connectivity index (χ1) is 10.1. The van der Waals surface area contributed by atoms with Crippen LogP contribution in [0, 0.1) is 24.6 Å². The number of rotatable bonds is 2. The van der Waals surface area contributed by atoms with Crippen molar-refractivity contribution < 1.29 is 9.18 Å². The van der Waals surface area contributed by atoms with Crippen molar-refractivity contribution in [3.63, 3.8) is 0 Å². The van der Waals surface area contributed by atoms with Crippen LogP contribution in [0.15, 0.2) is 18.2 Å². The van der Waals surface area contributed by atoms with Gasteiger partial charge in [0.05, 0.1) is 5.69 Å². The van der Waals surface area contributed by atoms with Crippen LogP contribution in [0.25, 0.3) is 0 Å². The van der Waals surface area contributed by atoms with Crippen molar-refractivity contribution in [1.82, 2.24) is 4.90 Å². The van der Waals surface area contributed by atoms with Gasteiger partial charge in [0.15, 0.2) is 0 Å². The Morgan fingerprint density at radius 3 is 2.52 bits per heavy atom. The number of piperidine rings is 1. The van der Waals surface area contributed by atoms with Crippen LogP contribution in [-0.2, 0) is 4.79 Å². The average molecular weight is 289 g/mol. The molecule has 0 atom stereocenters. The summed E-state index contributed by atoms with van der Waals surface area (Å²) in [4.78, 5) is 15.4. The van der Waals surface area contributed by atoms with E-state index >= 15 is 0 Å². The Morgan fingerprint density at radius 2 is 1.90 bits per heavy atom. The molecule has 1 amide bonds. The summed E-state index contributed by atoms with van der Waals surface area (Å²) >= 11 is 0. The molecule has 0 spiro atoms. The Balaban J connectivity index is 1.55. The maximum atomic E-state index is 14.0. The maximum Gasteiger partial charge on any atom is 0.219 e. The molecule has 1 aromatic rings. The predicted octanol–water partition coefficient (Wildman–Crippen LogP) is 2.70. The van der Waals surface area contributed by atoms with E-state index in [1.165, 1.54) is 0 Å². The third-order valence-electron chi connectivity index (χ3n) is 4.96. The van der Waals surface area contributed by atoms with Crippen LogP contribution >= 0.6 is 0 Å². The summed E-state index contributed by atoms with van der Waals surface area (Å²) in [5, 5.41) is 0. The van der Waals surface area contributed by atoms with E-state index in [1.54, 1.807) is 13.0 Å². The van der Waals surface area contributed by atoms with Gasteiger partial charge in [-0.2, -0.15) is 0 Å². The lowest BCUT2D eigenvalue weighted by Gasteiger charge is -2.47. The highest BCUT2D eigenvalue weighted by molar-refractivity contribution is 5.73. The predicted molar refractivity (Wildman–Crippen MR) is 81.5 cm³/mol. The van der Waals surface area contributed by atoms with Crippen LogP contribution in [0.1, 0.15) is 25.3 Å². The molecule has 4 heteroatoms. The molecular formula is C17H22FN2O. The highest BCUT2D eigenvalue weighted by Gasteiger charge is 2.36. The lowest BCUT2D eigenvalue weighted by molar-refractivity contribution is -0.130. The molecule has 3 rings (SSSR count). The topological polar surface area (TPSA) is 23.6 Å². The summed E-state index contributed by atoms with van der Waals surface area (Å²) in [5.41, 5.74) is 1.14. The summed E-state index contributed by atoms with van der Waals surface area (Å²) in [6.07, 6.45) is 2.16. The smallest absolute Gasteiger partial charge is 0.219 e. The number of anilines is 1. The monoisotopic (exact) mass is 289 g/mol. The van der Waals surface area contributed by atoms with Gasteiger partial charge in [0.25, 0.3) is 0 Å². The van der Waals surface area contributed by atoms with Crippen LogP contribution in [0.3, 0.4) is 0 Å². The first-order valence-corrected chi connectivity index (χ1v) is 7.67. The number of carbonyl (C=O) groups excluding carboxylic acids is 1. The summed E-state index contributed by atoms with van der Waals surface area (Å²) in [5.74, 6) is 1.29. The first-order valence-electron chi connectivity index (χ1n) is 7.67. The zero-order chi connectivity index (χ0) is 15.0. The molecule has 0 saturated carbocycles. The highest BCUT2D eigenvalue weighted by atomic mass is 19.1. The fourth-order valence-electron chi connectivity index (χ4n) is 3.50. The number of nitrogens with zero attached hydrogens (tertiary/aromatic N) is 2. The van der Waals surface area contributed by atoms with Crippen molar-refractivity contribution in [3.05, 3.63) is 36.5 Å². The molecule has 3 nitrogen and oxygen atoms in total. The molecule has 1 aromatic carbocycles. The average Bonchev–Trinajstić information content (AvgIpc) is 2.42. The molecule has 0 unspecified atom stereocenters. The minimum Gasteiger partial charge on any atom is -0.368 e. The van der Waals surface area contributed by atoms with E-state index in [2.05, 4.69) is 11.8 Å². The summed E-state index contributed by atoms with van der Waals surface area (Å²) in [7, 11) is 0. The number of likely N-dealkylation sites (tertiary alicyclic amines) is 1. The molecule has 2 aliphatic rings. The fraction of sp³-hybridized carbons (Fsp3) is 0.529. The number of halogens is 1. The second-order valence-electron chi connectivity index (χ2n) is 6.26. The number of hydrogen-bond acceptors (Lipinski definition) is 2. The zero-order valence-corrected chi connectivity index (χ0v) is 12.5. The summed E-state index contributed by atoms with van der Waals surface area (Å²) < 4.78 is 14.0. The van der Waals surface area contributed by atoms with Gasteiger partial charge in [-0.3, -0.25) is 4.79 Å². The molecule has 0 bridgehead atoms. The van der Waals surface area contributed by atoms with Crippen LogP contribution in [0.2, 0.25) is 0 Å². The van der Waals surface area contributed by atoms with Crippen molar-refractivity contribution in [2.24, 2.45) is 11.8 Å². The van der Waals surface area contributed by atoms with E-state index in [9.17, 15) is 9.18 Å². The second-order valence-corrected chi connectivity index (χ2v) is 6.26. The Hall–Kier alpha value is -1.58. The molecule has 1 radical (unpaired) electrons. The van der Waals surface area contributed by atoms with Crippen molar-refractivity contribution in [1.29, 1.82) is 0 Å². The van der Waals surface area contributed by atoms with E-state index in [4.69, 9.17) is 0 Å². The van der Waals surface area contributed by atoms with Gasteiger partial charge in [-0.05, 0) is 43.2 Å². The van der Waals surface area contributed by atoms with Gasteiger partial charge in [0, 0.05) is 33.1 Å². The van der Waals surface area contributed by atoms with E-state index in [-0.39, 0.29) is 11.7 Å². The van der Waals surface area contributed by atoms with E-state index in [0.717, 1.165) is 39.0 Å². The standard InChI is InChI=1S/C17H22FN2O/c1-12-4-3-5-16(17(12)18)20-10-15(11-20)14-6-8-19(9-7-14)13(2)21/h3-5,14-15H,1,6-11H2,2H3. The zero-order valence-electron chi connectivity index (χ0n) is 12.5. The molecule has 0 N–H and O–H groups in total. The molecular weight excluding hydrogens is 267 g/mol. The Morgan fingerprint density at radius 1 is 1.24 bits per heavy atom. The van der Waals surface area contributed by atoms with Gasteiger partial charge >= 0.3 is 0 Å². The summed E-state index contributed by atoms with van der Waals surface area (Å²) in [6, 6.07) is 5.39. The van der Waals surface area contributed by atoms with Gasteiger partial charge in [-0.25, -0.2) is 4.39 Å². The van der Waals surface area contributed by atoms with Crippen LogP contribution < -0.4 is 4.90 Å². The summed E-state index contributed by atoms with van der Waals surface area (Å²) in [6.45, 7) is 8.95. The molecule has 2 saturated heterocycles. The number of amides is 1. The first kappa shape index (κ1) is 14.4. The Labute approximate surface area is 125 Å². The van der Waals surface area contributed by atoms with Crippen LogP contribution in [-0.4, -0.2) is 37.0 Å². The van der Waals surface area contributed by atoms with E-state index in [0.29, 0.717) is 23.1 Å². The molecule has 21 heavy (non-hydrogen) atoms. The lowest BCUT2D eigenvalue weighted by atomic mass is 9.79. The van der Waals surface area contributed by atoms with Crippen molar-refractivity contribution in [2.75, 3.05) is 31.1 Å². The van der Waals surface area contributed by atoms with Gasteiger partial charge in [0.2, 0.25) is 5.91 Å². The number of benzene rings is 1. The Kier molecular flexibility index (Phi) is 3.87. The van der Waals surface area contributed by atoms with Gasteiger partial charge in [0.1, 0.15) is 5.82 Å². The van der Waals surface area contributed by atoms with Gasteiger partial charge < -0.3 is 9.80 Å². The van der Waals surface area contributed by atoms with E-state index in [1.807, 2.05) is 17.0 Å². The largest absolute Gasteiger partial charge is 0.368 e. The van der Waals surface area contributed by atoms with Gasteiger partial charge in [-0.1, -0.05) is 12.1 Å². The van der Waals surface area contributed by atoms with Gasteiger partial charge in [-0.15, -0.1) is 0 Å². The third kappa shape index (κ3) is 2.76. The van der Waals surface area contributed by atoms with Crippen LogP contribution in [0.4, 0.5) is 10.1 Å². The molecule has 2 aliphatic heterocycles. The second kappa shape index (κ2) is 5.66. The molecule has 2 heterocycles. The van der Waals surface area contributed by atoms with Crippen molar-refractivity contribution in [3.8, 4) is 0 Å². The maximum absolute atomic E-state index is 14.0.